The monoisotopic (exact) mass is 362 g/mol. The molecule has 3 rings (SSSR count). The Morgan fingerprint density at radius 2 is 2.12 bits per heavy atom. The molecule has 0 amide bonds. The molecule has 0 saturated heterocycles. The molecular formula is C20H27ClN2O2. The van der Waals surface area contributed by atoms with Gasteiger partial charge in [0.05, 0.1) is 11.1 Å². The molecule has 0 radical (unpaired) electrons. The second-order valence-corrected chi connectivity index (χ2v) is 7.80. The molecule has 5 heteroatoms. The number of H-pyrrole nitrogens is 1. The second kappa shape index (κ2) is 7.38. The number of benzene rings is 1. The van der Waals surface area contributed by atoms with Crippen LogP contribution >= 0.6 is 11.6 Å². The lowest BCUT2D eigenvalue weighted by Gasteiger charge is -2.43. The highest BCUT2D eigenvalue weighted by Gasteiger charge is 2.38. The summed E-state index contributed by atoms with van der Waals surface area (Å²) in [7, 11) is 0. The largest absolute Gasteiger partial charge is 0.489 e. The minimum atomic E-state index is -0.134. The summed E-state index contributed by atoms with van der Waals surface area (Å²) in [4.78, 5) is 14.5. The fourth-order valence-electron chi connectivity index (χ4n) is 4.17. The molecule has 1 aromatic carbocycles. The van der Waals surface area contributed by atoms with Gasteiger partial charge in [-0.15, -0.1) is 0 Å². The van der Waals surface area contributed by atoms with Crippen molar-refractivity contribution in [2.45, 2.75) is 64.5 Å². The number of fused-ring (bicyclic) bond motifs is 1. The van der Waals surface area contributed by atoms with Gasteiger partial charge in [-0.2, -0.15) is 0 Å². The normalized spacial score (nSPS) is 25.0. The number of nitrogens with two attached hydrogens (primary N) is 1. The molecule has 3 N–H and O–H groups in total. The van der Waals surface area contributed by atoms with Crippen LogP contribution in [0, 0.1) is 5.41 Å². The molecule has 0 spiro atoms. The van der Waals surface area contributed by atoms with Gasteiger partial charge in [-0.25, -0.2) is 0 Å². The van der Waals surface area contributed by atoms with Crippen molar-refractivity contribution in [2.75, 3.05) is 0 Å². The number of halogens is 1. The lowest BCUT2D eigenvalue weighted by atomic mass is 9.66. The van der Waals surface area contributed by atoms with E-state index in [9.17, 15) is 4.79 Å². The Morgan fingerprint density at radius 1 is 1.40 bits per heavy atom. The number of nitrogens with one attached hydrogen (secondary N) is 1. The van der Waals surface area contributed by atoms with E-state index in [0.717, 1.165) is 37.5 Å². The molecular weight excluding hydrogens is 336 g/mol. The standard InChI is InChI=1S/C20H27ClN2O2/c1-3-7-20(13(2)22)8-4-15(5-9-20)25-18-11-14-6-10-23-19(24)16(14)12-17(18)21/h6,10-13,15H,3-5,7-9,22H2,1-2H3,(H,23,24)/t13?,15-,20+. The molecule has 25 heavy (non-hydrogen) atoms. The minimum absolute atomic E-state index is 0.134. The molecule has 0 bridgehead atoms. The third kappa shape index (κ3) is 3.70. The van der Waals surface area contributed by atoms with Crippen molar-refractivity contribution in [3.8, 4) is 5.75 Å². The maximum absolute atomic E-state index is 11.9. The third-order valence-electron chi connectivity index (χ3n) is 5.76. The topological polar surface area (TPSA) is 68.1 Å². The Balaban J connectivity index is 1.75. The Kier molecular flexibility index (Phi) is 5.40. The van der Waals surface area contributed by atoms with Crippen LogP contribution in [0.4, 0.5) is 0 Å². The molecule has 0 aliphatic heterocycles. The Bertz CT molecular complexity index is 792. The predicted molar refractivity (Wildman–Crippen MR) is 103 cm³/mol. The molecule has 1 atom stereocenters. The first-order valence-electron chi connectivity index (χ1n) is 9.18. The smallest absolute Gasteiger partial charge is 0.255 e. The van der Waals surface area contributed by atoms with Crippen LogP contribution < -0.4 is 16.0 Å². The van der Waals surface area contributed by atoms with Crippen molar-refractivity contribution in [3.05, 3.63) is 39.8 Å². The summed E-state index contributed by atoms with van der Waals surface area (Å²) in [5.74, 6) is 0.661. The average molecular weight is 363 g/mol. The van der Waals surface area contributed by atoms with E-state index in [1.54, 1.807) is 12.3 Å². The number of aromatic amines is 1. The highest BCUT2D eigenvalue weighted by atomic mass is 35.5. The fourth-order valence-corrected chi connectivity index (χ4v) is 4.38. The third-order valence-corrected chi connectivity index (χ3v) is 6.06. The molecule has 1 aromatic heterocycles. The second-order valence-electron chi connectivity index (χ2n) is 7.39. The van der Waals surface area contributed by atoms with Gasteiger partial charge >= 0.3 is 0 Å². The molecule has 1 heterocycles. The molecule has 1 saturated carbocycles. The van der Waals surface area contributed by atoms with E-state index in [0.29, 0.717) is 16.2 Å². The molecule has 1 unspecified atom stereocenters. The zero-order chi connectivity index (χ0) is 18.0. The summed E-state index contributed by atoms with van der Waals surface area (Å²) < 4.78 is 6.20. The molecule has 1 fully saturated rings. The van der Waals surface area contributed by atoms with Gasteiger partial charge in [0.15, 0.2) is 0 Å². The summed E-state index contributed by atoms with van der Waals surface area (Å²) in [6.45, 7) is 4.36. The lowest BCUT2D eigenvalue weighted by molar-refractivity contribution is 0.0580. The van der Waals surface area contributed by atoms with E-state index in [2.05, 4.69) is 18.8 Å². The van der Waals surface area contributed by atoms with Gasteiger partial charge in [-0.1, -0.05) is 24.9 Å². The first-order chi connectivity index (χ1) is 11.9. The van der Waals surface area contributed by atoms with E-state index < -0.39 is 0 Å². The van der Waals surface area contributed by atoms with Crippen molar-refractivity contribution >= 4 is 22.4 Å². The number of pyridine rings is 1. The number of rotatable bonds is 5. The first-order valence-corrected chi connectivity index (χ1v) is 9.56. The summed E-state index contributed by atoms with van der Waals surface area (Å²) in [6, 6.07) is 5.64. The van der Waals surface area contributed by atoms with Crippen LogP contribution in [-0.2, 0) is 0 Å². The highest BCUT2D eigenvalue weighted by Crippen LogP contribution is 2.44. The van der Waals surface area contributed by atoms with Gasteiger partial charge in [-0.3, -0.25) is 4.79 Å². The summed E-state index contributed by atoms with van der Waals surface area (Å²) in [5, 5.41) is 1.92. The maximum Gasteiger partial charge on any atom is 0.255 e. The Hall–Kier alpha value is -1.52. The highest BCUT2D eigenvalue weighted by molar-refractivity contribution is 6.32. The zero-order valence-corrected chi connectivity index (χ0v) is 15.7. The van der Waals surface area contributed by atoms with Crippen molar-refractivity contribution < 1.29 is 4.74 Å². The average Bonchev–Trinajstić information content (AvgIpc) is 2.58. The van der Waals surface area contributed by atoms with Crippen LogP contribution in [0.25, 0.3) is 10.8 Å². The van der Waals surface area contributed by atoms with Crippen LogP contribution in [-0.4, -0.2) is 17.1 Å². The van der Waals surface area contributed by atoms with Gasteiger partial charge in [0, 0.05) is 17.6 Å². The van der Waals surface area contributed by atoms with Gasteiger partial charge in [0.1, 0.15) is 5.75 Å². The van der Waals surface area contributed by atoms with Crippen molar-refractivity contribution in [2.24, 2.45) is 11.1 Å². The van der Waals surface area contributed by atoms with Crippen LogP contribution in [0.1, 0.15) is 52.4 Å². The van der Waals surface area contributed by atoms with Crippen molar-refractivity contribution in [3.63, 3.8) is 0 Å². The van der Waals surface area contributed by atoms with E-state index in [4.69, 9.17) is 22.1 Å². The van der Waals surface area contributed by atoms with Crippen LogP contribution in [0.2, 0.25) is 5.02 Å². The van der Waals surface area contributed by atoms with E-state index in [1.165, 1.54) is 6.42 Å². The maximum atomic E-state index is 11.9. The molecule has 1 aliphatic carbocycles. The number of aromatic nitrogens is 1. The number of hydrogen-bond donors (Lipinski definition) is 2. The van der Waals surface area contributed by atoms with Crippen molar-refractivity contribution in [1.82, 2.24) is 4.98 Å². The quantitative estimate of drug-likeness (QED) is 0.814. The first kappa shape index (κ1) is 18.3. The van der Waals surface area contributed by atoms with Gasteiger partial charge in [0.2, 0.25) is 0 Å². The van der Waals surface area contributed by atoms with E-state index >= 15 is 0 Å². The van der Waals surface area contributed by atoms with E-state index in [1.807, 2.05) is 12.1 Å². The summed E-state index contributed by atoms with van der Waals surface area (Å²) >= 11 is 6.35. The van der Waals surface area contributed by atoms with Gasteiger partial charge < -0.3 is 15.5 Å². The Labute approximate surface area is 153 Å². The number of hydrogen-bond acceptors (Lipinski definition) is 3. The van der Waals surface area contributed by atoms with E-state index in [-0.39, 0.29) is 23.1 Å². The lowest BCUT2D eigenvalue weighted by Crippen LogP contribution is -2.44. The SMILES string of the molecule is CCC[C@]1(C(C)N)CC[C@@H](Oc2cc3cc[nH]c(=O)c3cc2Cl)CC1. The molecule has 136 valence electrons. The molecule has 4 nitrogen and oxygen atoms in total. The van der Waals surface area contributed by atoms with Crippen LogP contribution in [0.15, 0.2) is 29.2 Å². The molecule has 1 aliphatic rings. The van der Waals surface area contributed by atoms with Crippen molar-refractivity contribution in [1.29, 1.82) is 0 Å². The molecule has 2 aromatic rings. The fraction of sp³-hybridized carbons (Fsp3) is 0.550. The zero-order valence-electron chi connectivity index (χ0n) is 15.0. The van der Waals surface area contributed by atoms with Gasteiger partial charge in [0.25, 0.3) is 5.56 Å². The predicted octanol–water partition coefficient (Wildman–Crippen LogP) is 4.64. The summed E-state index contributed by atoms with van der Waals surface area (Å²) in [5.41, 5.74) is 6.40. The van der Waals surface area contributed by atoms with Crippen LogP contribution in [0.3, 0.4) is 0 Å². The van der Waals surface area contributed by atoms with Gasteiger partial charge in [-0.05, 0) is 68.0 Å². The minimum Gasteiger partial charge on any atom is -0.489 e. The van der Waals surface area contributed by atoms with Crippen LogP contribution in [0.5, 0.6) is 5.75 Å². The number of ether oxygens (including phenoxy) is 1. The Morgan fingerprint density at radius 3 is 2.76 bits per heavy atom. The summed E-state index contributed by atoms with van der Waals surface area (Å²) in [6.07, 6.45) is 8.30.